The number of quaternary nitrogens is 1. The number of likely N-dealkylation sites (N-methyl/N-ethyl adjacent to an activating group) is 1. The quantitative estimate of drug-likeness (QED) is 0.0989. The Morgan fingerprint density at radius 1 is 1.14 bits per heavy atom. The number of hydrogen-bond donors (Lipinski definition) is 2. The molecule has 0 aliphatic carbocycles. The van der Waals surface area contributed by atoms with E-state index in [1.54, 1.807) is 22.9 Å². The van der Waals surface area contributed by atoms with Crippen molar-refractivity contribution >= 4 is 41.3 Å². The van der Waals surface area contributed by atoms with Gasteiger partial charge in [0, 0.05) is 29.1 Å². The molecule has 1 aromatic heterocycles. The van der Waals surface area contributed by atoms with Gasteiger partial charge in [0.05, 0.1) is 37.4 Å². The van der Waals surface area contributed by atoms with E-state index in [1.807, 2.05) is 55.5 Å². The van der Waals surface area contributed by atoms with E-state index >= 15 is 0 Å². The van der Waals surface area contributed by atoms with Crippen LogP contribution in [-0.4, -0.2) is 46.9 Å². The van der Waals surface area contributed by atoms with E-state index in [0.717, 1.165) is 47.6 Å². The lowest BCUT2D eigenvalue weighted by Gasteiger charge is -2.38. The Morgan fingerprint density at radius 2 is 1.90 bits per heavy atom. The lowest BCUT2D eigenvalue weighted by molar-refractivity contribution is -0.898. The Kier molecular flexibility index (Phi) is 9.99. The zero-order valence-corrected chi connectivity index (χ0v) is 25.5. The van der Waals surface area contributed by atoms with E-state index in [4.69, 9.17) is 16.6 Å². The molecule has 8 heteroatoms. The second-order valence-electron chi connectivity index (χ2n) is 10.9. The molecule has 0 saturated heterocycles. The first-order valence-electron chi connectivity index (χ1n) is 14.2. The molecule has 0 radical (unpaired) electrons. The number of carbonyl (C=O) groups is 1. The van der Waals surface area contributed by atoms with Gasteiger partial charge < -0.3 is 15.1 Å². The number of pyridine rings is 1. The number of amides is 1. The number of aromatic nitrogens is 1. The standard InChI is InChI=1S/C34H38ClN5O2/c1-6-8-19-31-26(23-36-24(3)37-30-18-13-20-40(4,5)33(30)35)21-29(25-14-10-9-11-15-25)34(42)39(31)28-17-12-16-27(22-28)38-32(41)7-2/h7,9-12,14-19,21-23,33H,2,6,8,13,20H2,1,3-5H3,(H-,36,37,38,41,42)/p+1/b31-19-. The van der Waals surface area contributed by atoms with Crippen molar-refractivity contribution in [2.24, 2.45) is 4.99 Å². The summed E-state index contributed by atoms with van der Waals surface area (Å²) in [6, 6.07) is 18.7. The molecule has 1 atom stereocenters. The van der Waals surface area contributed by atoms with Gasteiger partial charge in [-0.1, -0.05) is 80.1 Å². The minimum absolute atomic E-state index is 0.163. The van der Waals surface area contributed by atoms with Gasteiger partial charge in [-0.2, -0.15) is 0 Å². The van der Waals surface area contributed by atoms with Crippen LogP contribution < -0.4 is 26.8 Å². The van der Waals surface area contributed by atoms with Crippen molar-refractivity contribution in [2.75, 3.05) is 26.0 Å². The minimum Gasteiger partial charge on any atom is -0.342 e. The number of unbranched alkanes of at least 4 members (excludes halogenated alkanes) is 1. The first kappa shape index (κ1) is 30.8. The van der Waals surface area contributed by atoms with Crippen molar-refractivity contribution in [2.45, 2.75) is 38.6 Å². The van der Waals surface area contributed by atoms with E-state index in [9.17, 15) is 9.59 Å². The summed E-state index contributed by atoms with van der Waals surface area (Å²) >= 11 is 6.77. The van der Waals surface area contributed by atoms with Crippen LogP contribution in [0.4, 0.5) is 5.69 Å². The van der Waals surface area contributed by atoms with Crippen LogP contribution in [0.5, 0.6) is 0 Å². The molecule has 2 N–H and O–H groups in total. The van der Waals surface area contributed by atoms with Crippen LogP contribution in [0.3, 0.4) is 0 Å². The third-order valence-corrected chi connectivity index (χ3v) is 7.96. The van der Waals surface area contributed by atoms with Gasteiger partial charge in [-0.25, -0.2) is 4.99 Å². The maximum Gasteiger partial charge on any atom is 0.263 e. The number of anilines is 1. The zero-order valence-electron chi connectivity index (χ0n) is 24.7. The van der Waals surface area contributed by atoms with Gasteiger partial charge in [0.1, 0.15) is 5.84 Å². The second-order valence-corrected chi connectivity index (χ2v) is 11.3. The number of aliphatic imine (C=N–C) groups is 1. The van der Waals surface area contributed by atoms with Crippen LogP contribution in [0.2, 0.25) is 0 Å². The lowest BCUT2D eigenvalue weighted by Crippen LogP contribution is -2.52. The largest absolute Gasteiger partial charge is 0.342 e. The smallest absolute Gasteiger partial charge is 0.263 e. The molecule has 7 nitrogen and oxygen atoms in total. The number of amidine groups is 1. The highest BCUT2D eigenvalue weighted by Crippen LogP contribution is 2.24. The normalized spacial score (nSPS) is 17.5. The van der Waals surface area contributed by atoms with Crippen molar-refractivity contribution in [1.29, 1.82) is 0 Å². The summed E-state index contributed by atoms with van der Waals surface area (Å²) in [5, 5.41) is 7.72. The second kappa shape index (κ2) is 13.6. The molecule has 2 aromatic carbocycles. The Balaban J connectivity index is 1.93. The molecule has 1 aliphatic heterocycles. The van der Waals surface area contributed by atoms with Crippen molar-refractivity contribution in [3.05, 3.63) is 106 Å². The monoisotopic (exact) mass is 584 g/mol. The summed E-state index contributed by atoms with van der Waals surface area (Å²) < 4.78 is 2.38. The Hall–Kier alpha value is -4.20. The Bertz CT molecular complexity index is 1700. The first-order valence-corrected chi connectivity index (χ1v) is 14.6. The summed E-state index contributed by atoms with van der Waals surface area (Å²) in [4.78, 5) is 30.9. The van der Waals surface area contributed by atoms with Crippen molar-refractivity contribution in [3.8, 4) is 16.8 Å². The van der Waals surface area contributed by atoms with E-state index in [1.165, 1.54) is 6.08 Å². The molecule has 2 heterocycles. The molecule has 0 bridgehead atoms. The number of benzene rings is 2. The fourth-order valence-corrected chi connectivity index (χ4v) is 5.14. The predicted octanol–water partition coefficient (Wildman–Crippen LogP) is 4.88. The Morgan fingerprint density at radius 3 is 2.62 bits per heavy atom. The summed E-state index contributed by atoms with van der Waals surface area (Å²) in [5.41, 5.74) is 3.13. The maximum atomic E-state index is 14.1. The van der Waals surface area contributed by atoms with Crippen molar-refractivity contribution in [1.82, 2.24) is 9.88 Å². The number of nitrogens with one attached hydrogen (secondary N) is 2. The highest BCUT2D eigenvalue weighted by Gasteiger charge is 2.32. The van der Waals surface area contributed by atoms with Crippen LogP contribution in [0.1, 0.15) is 33.1 Å². The van der Waals surface area contributed by atoms with Crippen LogP contribution in [0.25, 0.3) is 29.1 Å². The van der Waals surface area contributed by atoms with E-state index in [0.29, 0.717) is 27.3 Å². The number of alkyl halides is 1. The number of hydrogen-bond acceptors (Lipinski definition) is 3. The zero-order chi connectivity index (χ0) is 30.3. The van der Waals surface area contributed by atoms with Crippen LogP contribution in [0.15, 0.2) is 94.9 Å². The highest BCUT2D eigenvalue weighted by atomic mass is 35.5. The molecule has 42 heavy (non-hydrogen) atoms. The van der Waals surface area contributed by atoms with Gasteiger partial charge in [0.2, 0.25) is 11.4 Å². The van der Waals surface area contributed by atoms with Gasteiger partial charge in [0.25, 0.3) is 5.56 Å². The van der Waals surface area contributed by atoms with Gasteiger partial charge in [-0.15, -0.1) is 0 Å². The van der Waals surface area contributed by atoms with Crippen molar-refractivity contribution < 1.29 is 9.28 Å². The predicted molar refractivity (Wildman–Crippen MR) is 175 cm³/mol. The van der Waals surface area contributed by atoms with Crippen LogP contribution in [0, 0.1) is 0 Å². The average molecular weight is 585 g/mol. The van der Waals surface area contributed by atoms with Gasteiger partial charge in [-0.3, -0.25) is 14.2 Å². The molecule has 1 aliphatic rings. The van der Waals surface area contributed by atoms with E-state index in [2.05, 4.69) is 50.4 Å². The highest BCUT2D eigenvalue weighted by molar-refractivity contribution is 6.21. The fraction of sp³-hybridized carbons (Fsp3) is 0.265. The SMILES string of the molecule is C=CC(=O)Nc1cccc(-n2c(=O)c(-c3ccccc3)cc(=C/N=C(C)NC3=CCC[N+](C)(C)C3Cl)/c2=C/CCC)c1. The minimum atomic E-state index is -0.323. The molecule has 1 unspecified atom stereocenters. The van der Waals surface area contributed by atoms with Crippen LogP contribution in [-0.2, 0) is 4.79 Å². The van der Waals surface area contributed by atoms with Crippen LogP contribution >= 0.6 is 11.6 Å². The van der Waals surface area contributed by atoms with Gasteiger partial charge >= 0.3 is 0 Å². The van der Waals surface area contributed by atoms with Gasteiger partial charge in [-0.05, 0) is 49.2 Å². The molecule has 0 fully saturated rings. The number of nitrogens with zero attached hydrogens (tertiary/aromatic N) is 3. The van der Waals surface area contributed by atoms with E-state index in [-0.39, 0.29) is 17.0 Å². The molecule has 1 amide bonds. The van der Waals surface area contributed by atoms with Gasteiger partial charge in [0.15, 0.2) is 0 Å². The molecule has 0 saturated carbocycles. The summed E-state index contributed by atoms with van der Waals surface area (Å²) in [6.45, 7) is 8.51. The summed E-state index contributed by atoms with van der Waals surface area (Å²) in [7, 11) is 4.24. The number of rotatable bonds is 8. The molecule has 218 valence electrons. The third kappa shape index (κ3) is 7.16. The number of halogens is 1. The summed E-state index contributed by atoms with van der Waals surface area (Å²) in [5.74, 6) is 0.375. The fourth-order valence-electron chi connectivity index (χ4n) is 4.90. The first-order chi connectivity index (χ1) is 20.1. The molecule has 4 rings (SSSR count). The topological polar surface area (TPSA) is 75.5 Å². The Labute approximate surface area is 252 Å². The molecular formula is C34H39ClN5O2+. The maximum absolute atomic E-state index is 14.1. The average Bonchev–Trinajstić information content (AvgIpc) is 2.98. The number of carbonyl (C=O) groups excluding carboxylic acids is 1. The molecular weight excluding hydrogens is 546 g/mol. The summed E-state index contributed by atoms with van der Waals surface area (Å²) in [6.07, 6.45) is 9.82. The van der Waals surface area contributed by atoms with E-state index < -0.39 is 0 Å². The lowest BCUT2D eigenvalue weighted by atomic mass is 10.1. The molecule has 3 aromatic rings. The molecule has 0 spiro atoms. The van der Waals surface area contributed by atoms with Crippen molar-refractivity contribution in [3.63, 3.8) is 0 Å². The third-order valence-electron chi connectivity index (χ3n) is 7.20.